The zero-order valence-corrected chi connectivity index (χ0v) is 12.6. The quantitative estimate of drug-likeness (QED) is 0.858. The molecule has 1 N–H and O–H groups in total. The molecule has 0 aromatic heterocycles. The van der Waals surface area contributed by atoms with Crippen LogP contribution in [0.5, 0.6) is 5.75 Å². The van der Waals surface area contributed by atoms with Crippen molar-refractivity contribution >= 4 is 15.9 Å². The van der Waals surface area contributed by atoms with Gasteiger partial charge in [-0.25, -0.2) is 0 Å². The second-order valence-electron chi connectivity index (χ2n) is 4.76. The van der Waals surface area contributed by atoms with Crippen LogP contribution in [0.15, 0.2) is 53.0 Å². The molecule has 0 amide bonds. The Hall–Kier alpha value is -1.36. The van der Waals surface area contributed by atoms with Crippen LogP contribution in [-0.2, 0) is 11.4 Å². The van der Waals surface area contributed by atoms with Gasteiger partial charge in [-0.2, -0.15) is 5.48 Å². The fourth-order valence-corrected chi connectivity index (χ4v) is 2.67. The molecule has 1 aliphatic heterocycles. The van der Waals surface area contributed by atoms with E-state index in [1.54, 1.807) is 0 Å². The Morgan fingerprint density at radius 1 is 1.20 bits per heavy atom. The molecule has 0 saturated heterocycles. The normalized spacial score (nSPS) is 17.4. The van der Waals surface area contributed by atoms with E-state index in [9.17, 15) is 0 Å². The summed E-state index contributed by atoms with van der Waals surface area (Å²) in [5, 5.41) is 0. The van der Waals surface area contributed by atoms with Crippen molar-refractivity contribution in [2.75, 3.05) is 6.61 Å². The Kier molecular flexibility index (Phi) is 4.35. The number of benzene rings is 2. The molecular weight excluding hydrogens is 318 g/mol. The number of halogens is 1. The van der Waals surface area contributed by atoms with E-state index in [0.29, 0.717) is 13.2 Å². The second kappa shape index (κ2) is 6.39. The summed E-state index contributed by atoms with van der Waals surface area (Å²) in [4.78, 5) is 5.64. The first kappa shape index (κ1) is 13.6. The lowest BCUT2D eigenvalue weighted by molar-refractivity contribution is -0.00600. The summed E-state index contributed by atoms with van der Waals surface area (Å²) >= 11 is 3.50. The van der Waals surface area contributed by atoms with Crippen LogP contribution < -0.4 is 10.2 Å². The SMILES string of the molecule is Brc1ccc2c(c1)C(NOCc1ccccc1)CCO2. The topological polar surface area (TPSA) is 30.5 Å². The average Bonchev–Trinajstić information content (AvgIpc) is 2.49. The summed E-state index contributed by atoms with van der Waals surface area (Å²) in [6.45, 7) is 1.27. The van der Waals surface area contributed by atoms with E-state index >= 15 is 0 Å². The standard InChI is InChI=1S/C16H16BrNO2/c17-13-6-7-16-14(10-13)15(8-9-19-16)18-20-11-12-4-2-1-3-5-12/h1-7,10,15,18H,8-9,11H2. The lowest BCUT2D eigenvalue weighted by Crippen LogP contribution is -2.27. The minimum Gasteiger partial charge on any atom is -0.493 e. The average molecular weight is 334 g/mol. The van der Waals surface area contributed by atoms with Gasteiger partial charge in [0.25, 0.3) is 0 Å². The van der Waals surface area contributed by atoms with E-state index in [1.807, 2.05) is 30.3 Å². The van der Waals surface area contributed by atoms with E-state index < -0.39 is 0 Å². The molecule has 104 valence electrons. The molecule has 0 fully saturated rings. The van der Waals surface area contributed by atoms with Gasteiger partial charge in [-0.3, -0.25) is 4.84 Å². The predicted octanol–water partition coefficient (Wildman–Crippen LogP) is 3.99. The third-order valence-electron chi connectivity index (χ3n) is 3.32. The molecule has 1 heterocycles. The van der Waals surface area contributed by atoms with Crippen LogP contribution in [0.25, 0.3) is 0 Å². The molecule has 1 unspecified atom stereocenters. The highest BCUT2D eigenvalue weighted by Gasteiger charge is 2.21. The number of hydrogen-bond donors (Lipinski definition) is 1. The largest absolute Gasteiger partial charge is 0.493 e. The lowest BCUT2D eigenvalue weighted by atomic mass is 10.0. The summed E-state index contributed by atoms with van der Waals surface area (Å²) in [5.41, 5.74) is 5.44. The Balaban J connectivity index is 1.63. The van der Waals surface area contributed by atoms with Crippen LogP contribution in [0.4, 0.5) is 0 Å². The van der Waals surface area contributed by atoms with E-state index in [2.05, 4.69) is 39.6 Å². The molecule has 0 aliphatic carbocycles. The molecule has 3 rings (SSSR count). The summed E-state index contributed by atoms with van der Waals surface area (Å²) in [6, 6.07) is 16.4. The zero-order valence-electron chi connectivity index (χ0n) is 11.0. The third-order valence-corrected chi connectivity index (χ3v) is 3.81. The Morgan fingerprint density at radius 3 is 2.90 bits per heavy atom. The van der Waals surface area contributed by atoms with Gasteiger partial charge in [0.15, 0.2) is 0 Å². The van der Waals surface area contributed by atoms with Gasteiger partial charge >= 0.3 is 0 Å². The van der Waals surface area contributed by atoms with Crippen LogP contribution >= 0.6 is 15.9 Å². The highest BCUT2D eigenvalue weighted by molar-refractivity contribution is 9.10. The highest BCUT2D eigenvalue weighted by atomic mass is 79.9. The monoisotopic (exact) mass is 333 g/mol. The molecular formula is C16H16BrNO2. The van der Waals surface area contributed by atoms with Crippen molar-refractivity contribution in [1.82, 2.24) is 5.48 Å². The van der Waals surface area contributed by atoms with Crippen molar-refractivity contribution in [3.63, 3.8) is 0 Å². The number of ether oxygens (including phenoxy) is 1. The van der Waals surface area contributed by atoms with Crippen molar-refractivity contribution < 1.29 is 9.57 Å². The smallest absolute Gasteiger partial charge is 0.124 e. The minimum atomic E-state index is 0.167. The van der Waals surface area contributed by atoms with E-state index in [4.69, 9.17) is 9.57 Å². The minimum absolute atomic E-state index is 0.167. The van der Waals surface area contributed by atoms with Gasteiger partial charge in [0.2, 0.25) is 0 Å². The van der Waals surface area contributed by atoms with Crippen molar-refractivity contribution in [2.45, 2.75) is 19.1 Å². The fourth-order valence-electron chi connectivity index (χ4n) is 2.29. The number of hydroxylamine groups is 1. The van der Waals surface area contributed by atoms with Crippen molar-refractivity contribution in [1.29, 1.82) is 0 Å². The molecule has 0 bridgehead atoms. The Morgan fingerprint density at radius 2 is 2.05 bits per heavy atom. The first-order valence-electron chi connectivity index (χ1n) is 6.66. The molecule has 4 heteroatoms. The van der Waals surface area contributed by atoms with Gasteiger partial charge in [0, 0.05) is 16.5 Å². The molecule has 0 saturated carbocycles. The molecule has 3 nitrogen and oxygen atoms in total. The second-order valence-corrected chi connectivity index (χ2v) is 5.68. The van der Waals surface area contributed by atoms with E-state index in [-0.39, 0.29) is 6.04 Å². The Labute approximate surface area is 127 Å². The first-order chi connectivity index (χ1) is 9.83. The molecule has 0 spiro atoms. The third kappa shape index (κ3) is 3.20. The maximum absolute atomic E-state index is 5.66. The fraction of sp³-hybridized carbons (Fsp3) is 0.250. The van der Waals surface area contributed by atoms with E-state index in [0.717, 1.165) is 27.8 Å². The summed E-state index contributed by atoms with van der Waals surface area (Å²) in [7, 11) is 0. The number of rotatable bonds is 4. The molecule has 2 aromatic rings. The number of hydrogen-bond acceptors (Lipinski definition) is 3. The molecule has 0 radical (unpaired) electrons. The van der Waals surface area contributed by atoms with Gasteiger partial charge < -0.3 is 4.74 Å². The maximum atomic E-state index is 5.66. The highest BCUT2D eigenvalue weighted by Crippen LogP contribution is 2.34. The summed E-state index contributed by atoms with van der Waals surface area (Å²) < 4.78 is 6.71. The Bertz CT molecular complexity index is 574. The molecule has 20 heavy (non-hydrogen) atoms. The van der Waals surface area contributed by atoms with Crippen molar-refractivity contribution in [3.05, 3.63) is 64.1 Å². The lowest BCUT2D eigenvalue weighted by Gasteiger charge is -2.26. The summed E-state index contributed by atoms with van der Waals surface area (Å²) in [5.74, 6) is 0.931. The van der Waals surface area contributed by atoms with Gasteiger partial charge in [-0.1, -0.05) is 46.3 Å². The zero-order chi connectivity index (χ0) is 13.8. The van der Waals surface area contributed by atoms with Crippen LogP contribution in [0.1, 0.15) is 23.6 Å². The van der Waals surface area contributed by atoms with Crippen LogP contribution in [0, 0.1) is 0 Å². The number of fused-ring (bicyclic) bond motifs is 1. The van der Waals surface area contributed by atoms with Gasteiger partial charge in [-0.05, 0) is 23.8 Å². The van der Waals surface area contributed by atoms with Crippen molar-refractivity contribution in [2.24, 2.45) is 0 Å². The number of nitrogens with one attached hydrogen (secondary N) is 1. The van der Waals surface area contributed by atoms with Crippen molar-refractivity contribution in [3.8, 4) is 5.75 Å². The van der Waals surface area contributed by atoms with Gasteiger partial charge in [-0.15, -0.1) is 0 Å². The van der Waals surface area contributed by atoms with Gasteiger partial charge in [0.05, 0.1) is 19.3 Å². The molecule has 1 atom stereocenters. The van der Waals surface area contributed by atoms with Crippen LogP contribution in [-0.4, -0.2) is 6.61 Å². The van der Waals surface area contributed by atoms with Gasteiger partial charge in [0.1, 0.15) is 5.75 Å². The first-order valence-corrected chi connectivity index (χ1v) is 7.46. The maximum Gasteiger partial charge on any atom is 0.124 e. The van der Waals surface area contributed by atoms with Crippen LogP contribution in [0.3, 0.4) is 0 Å². The molecule has 1 aliphatic rings. The van der Waals surface area contributed by atoms with E-state index in [1.165, 1.54) is 0 Å². The predicted molar refractivity (Wildman–Crippen MR) is 81.4 cm³/mol. The van der Waals surface area contributed by atoms with Crippen LogP contribution in [0.2, 0.25) is 0 Å². The summed E-state index contributed by atoms with van der Waals surface area (Å²) in [6.07, 6.45) is 0.901. The molecule has 2 aromatic carbocycles.